The van der Waals surface area contributed by atoms with E-state index < -0.39 is 5.97 Å². The van der Waals surface area contributed by atoms with Gasteiger partial charge in [-0.1, -0.05) is 19.1 Å². The molecule has 0 aliphatic carbocycles. The molecule has 1 amide bonds. The van der Waals surface area contributed by atoms with Crippen molar-refractivity contribution >= 4 is 23.2 Å². The molecule has 1 heterocycles. The van der Waals surface area contributed by atoms with Gasteiger partial charge in [-0.05, 0) is 18.6 Å². The predicted molar refractivity (Wildman–Crippen MR) is 91.5 cm³/mol. The first-order valence-electron chi connectivity index (χ1n) is 7.55. The highest BCUT2D eigenvalue weighted by Gasteiger charge is 2.21. The van der Waals surface area contributed by atoms with E-state index in [1.54, 1.807) is 35.6 Å². The van der Waals surface area contributed by atoms with Crippen LogP contribution in [-0.2, 0) is 11.3 Å². The lowest BCUT2D eigenvalue weighted by atomic mass is 10.1. The van der Waals surface area contributed by atoms with Crippen LogP contribution in [0.25, 0.3) is 0 Å². The molecular formula is C17H20N2O4S. The van der Waals surface area contributed by atoms with Crippen LogP contribution in [0.4, 0.5) is 0 Å². The third-order valence-electron chi connectivity index (χ3n) is 3.39. The summed E-state index contributed by atoms with van der Waals surface area (Å²) in [5.74, 6) is -0.0577. The summed E-state index contributed by atoms with van der Waals surface area (Å²) in [7, 11) is 2.86. The summed E-state index contributed by atoms with van der Waals surface area (Å²) in [5.41, 5.74) is 0.775. The summed E-state index contributed by atoms with van der Waals surface area (Å²) in [6, 6.07) is 7.13. The fraction of sp³-hybridized carbons (Fsp3) is 0.353. The molecule has 7 heteroatoms. The fourth-order valence-corrected chi connectivity index (χ4v) is 3.04. The van der Waals surface area contributed by atoms with Gasteiger partial charge in [0.25, 0.3) is 5.91 Å². The standard InChI is InChI=1S/C17H20N2O4S/c1-4-9-19(10-15-18-13(11-24-15)17(21)23-3)16(20)12-7-5-6-8-14(12)22-2/h5-8,11H,4,9-10H2,1-3H3. The Labute approximate surface area is 145 Å². The average Bonchev–Trinajstić information content (AvgIpc) is 3.08. The summed E-state index contributed by atoms with van der Waals surface area (Å²) in [6.07, 6.45) is 0.816. The van der Waals surface area contributed by atoms with E-state index in [4.69, 9.17) is 4.74 Å². The summed E-state index contributed by atoms with van der Waals surface area (Å²) < 4.78 is 9.93. The summed E-state index contributed by atoms with van der Waals surface area (Å²) in [6.45, 7) is 2.93. The smallest absolute Gasteiger partial charge is 0.357 e. The van der Waals surface area contributed by atoms with Crippen LogP contribution in [0.3, 0.4) is 0 Å². The van der Waals surface area contributed by atoms with Crippen LogP contribution >= 0.6 is 11.3 Å². The molecular weight excluding hydrogens is 328 g/mol. The number of benzene rings is 1. The molecule has 128 valence electrons. The number of methoxy groups -OCH3 is 2. The highest BCUT2D eigenvalue weighted by Crippen LogP contribution is 2.21. The quantitative estimate of drug-likeness (QED) is 0.720. The van der Waals surface area contributed by atoms with Crippen molar-refractivity contribution in [2.75, 3.05) is 20.8 Å². The van der Waals surface area contributed by atoms with Crippen molar-refractivity contribution in [1.29, 1.82) is 0 Å². The molecule has 0 saturated carbocycles. The molecule has 1 aromatic carbocycles. The molecule has 0 bridgehead atoms. The SMILES string of the molecule is CCCN(Cc1nc(C(=O)OC)cs1)C(=O)c1ccccc1OC. The van der Waals surface area contributed by atoms with Crippen LogP contribution in [0, 0.1) is 0 Å². The second kappa shape index (κ2) is 8.44. The van der Waals surface area contributed by atoms with Crippen molar-refractivity contribution in [1.82, 2.24) is 9.88 Å². The van der Waals surface area contributed by atoms with Gasteiger partial charge >= 0.3 is 5.97 Å². The molecule has 24 heavy (non-hydrogen) atoms. The highest BCUT2D eigenvalue weighted by molar-refractivity contribution is 7.09. The zero-order valence-electron chi connectivity index (χ0n) is 13.9. The molecule has 2 aromatic rings. The molecule has 0 aliphatic heterocycles. The molecule has 0 saturated heterocycles. The number of amides is 1. The number of esters is 1. The van der Waals surface area contributed by atoms with Crippen molar-refractivity contribution in [2.45, 2.75) is 19.9 Å². The van der Waals surface area contributed by atoms with Crippen molar-refractivity contribution in [3.63, 3.8) is 0 Å². The minimum atomic E-state index is -0.476. The molecule has 0 radical (unpaired) electrons. The first kappa shape index (κ1) is 17.9. The van der Waals surface area contributed by atoms with Gasteiger partial charge in [-0.3, -0.25) is 4.79 Å². The van der Waals surface area contributed by atoms with E-state index in [1.807, 2.05) is 13.0 Å². The molecule has 0 fully saturated rings. The lowest BCUT2D eigenvalue weighted by Crippen LogP contribution is -2.31. The van der Waals surface area contributed by atoms with Crippen LogP contribution in [0.1, 0.15) is 39.2 Å². The average molecular weight is 348 g/mol. The van der Waals surface area contributed by atoms with Gasteiger partial charge in [-0.25, -0.2) is 9.78 Å². The number of para-hydroxylation sites is 1. The third-order valence-corrected chi connectivity index (χ3v) is 4.22. The number of thiazole rings is 1. The second-order valence-electron chi connectivity index (χ2n) is 5.05. The zero-order chi connectivity index (χ0) is 17.5. The van der Waals surface area contributed by atoms with Crippen LogP contribution in [-0.4, -0.2) is 42.5 Å². The first-order chi connectivity index (χ1) is 11.6. The molecule has 0 aliphatic rings. The van der Waals surface area contributed by atoms with Crippen LogP contribution in [0.2, 0.25) is 0 Å². The number of carbonyl (C=O) groups excluding carboxylic acids is 2. The molecule has 1 aromatic heterocycles. The van der Waals surface area contributed by atoms with Crippen molar-refractivity contribution < 1.29 is 19.1 Å². The number of rotatable bonds is 7. The Balaban J connectivity index is 2.21. The number of aromatic nitrogens is 1. The Morgan fingerprint density at radius 2 is 2.00 bits per heavy atom. The Morgan fingerprint density at radius 1 is 1.25 bits per heavy atom. The van der Waals surface area contributed by atoms with Gasteiger partial charge in [-0.15, -0.1) is 11.3 Å². The molecule has 2 rings (SSSR count). The van der Waals surface area contributed by atoms with Gasteiger partial charge in [-0.2, -0.15) is 0 Å². The Kier molecular flexibility index (Phi) is 6.31. The zero-order valence-corrected chi connectivity index (χ0v) is 14.8. The Hall–Kier alpha value is -2.41. The van der Waals surface area contributed by atoms with E-state index in [0.717, 1.165) is 6.42 Å². The van der Waals surface area contributed by atoms with E-state index in [1.165, 1.54) is 18.4 Å². The van der Waals surface area contributed by atoms with E-state index in [2.05, 4.69) is 9.72 Å². The second-order valence-corrected chi connectivity index (χ2v) is 5.99. The summed E-state index contributed by atoms with van der Waals surface area (Å²) >= 11 is 1.33. The minimum absolute atomic E-state index is 0.121. The molecule has 0 spiro atoms. The molecule has 0 unspecified atom stereocenters. The van der Waals surface area contributed by atoms with Gasteiger partial charge in [0.2, 0.25) is 0 Å². The minimum Gasteiger partial charge on any atom is -0.496 e. The van der Waals surface area contributed by atoms with Gasteiger partial charge < -0.3 is 14.4 Å². The monoisotopic (exact) mass is 348 g/mol. The number of hydrogen-bond acceptors (Lipinski definition) is 6. The van der Waals surface area contributed by atoms with E-state index in [9.17, 15) is 9.59 Å². The predicted octanol–water partition coefficient (Wildman–Crippen LogP) is 2.99. The van der Waals surface area contributed by atoms with Gasteiger partial charge in [0.1, 0.15) is 10.8 Å². The number of ether oxygens (including phenoxy) is 2. The lowest BCUT2D eigenvalue weighted by Gasteiger charge is -2.22. The Bertz CT molecular complexity index is 714. The first-order valence-corrected chi connectivity index (χ1v) is 8.43. The topological polar surface area (TPSA) is 68.7 Å². The van der Waals surface area contributed by atoms with Crippen molar-refractivity contribution in [3.05, 3.63) is 45.9 Å². The van der Waals surface area contributed by atoms with Crippen LogP contribution in [0.15, 0.2) is 29.6 Å². The maximum absolute atomic E-state index is 12.8. The van der Waals surface area contributed by atoms with E-state index in [0.29, 0.717) is 29.4 Å². The molecule has 6 nitrogen and oxygen atoms in total. The highest BCUT2D eigenvalue weighted by atomic mass is 32.1. The lowest BCUT2D eigenvalue weighted by molar-refractivity contribution is 0.0594. The van der Waals surface area contributed by atoms with Crippen LogP contribution < -0.4 is 4.74 Å². The van der Waals surface area contributed by atoms with Gasteiger partial charge in [0.15, 0.2) is 5.69 Å². The van der Waals surface area contributed by atoms with Crippen molar-refractivity contribution in [3.8, 4) is 5.75 Å². The third kappa shape index (κ3) is 4.11. The largest absolute Gasteiger partial charge is 0.496 e. The van der Waals surface area contributed by atoms with E-state index in [-0.39, 0.29) is 11.6 Å². The normalized spacial score (nSPS) is 10.3. The van der Waals surface area contributed by atoms with Crippen LogP contribution in [0.5, 0.6) is 5.75 Å². The Morgan fingerprint density at radius 3 is 2.67 bits per heavy atom. The number of carbonyl (C=O) groups is 2. The van der Waals surface area contributed by atoms with Crippen molar-refractivity contribution in [2.24, 2.45) is 0 Å². The van der Waals surface area contributed by atoms with Gasteiger partial charge in [0.05, 0.1) is 26.3 Å². The molecule has 0 N–H and O–H groups in total. The van der Waals surface area contributed by atoms with E-state index >= 15 is 0 Å². The maximum atomic E-state index is 12.8. The maximum Gasteiger partial charge on any atom is 0.357 e. The van der Waals surface area contributed by atoms with Gasteiger partial charge in [0, 0.05) is 11.9 Å². The fourth-order valence-electron chi connectivity index (χ4n) is 2.26. The molecule has 0 atom stereocenters. The summed E-state index contributed by atoms with van der Waals surface area (Å²) in [5, 5.41) is 2.32. The summed E-state index contributed by atoms with van der Waals surface area (Å²) in [4.78, 5) is 30.3. The number of nitrogens with zero attached hydrogens (tertiary/aromatic N) is 2. The number of hydrogen-bond donors (Lipinski definition) is 0.